The van der Waals surface area contributed by atoms with Gasteiger partial charge in [-0.1, -0.05) is 33.1 Å². The van der Waals surface area contributed by atoms with Gasteiger partial charge in [-0.05, 0) is 25.3 Å². The summed E-state index contributed by atoms with van der Waals surface area (Å²) in [7, 11) is 0. The summed E-state index contributed by atoms with van der Waals surface area (Å²) in [5.41, 5.74) is 0. The Kier molecular flexibility index (Phi) is 6.23. The summed E-state index contributed by atoms with van der Waals surface area (Å²) in [6.45, 7) is 5.67. The van der Waals surface area contributed by atoms with Crippen molar-refractivity contribution < 1.29 is 19.7 Å². The summed E-state index contributed by atoms with van der Waals surface area (Å²) >= 11 is 0. The SMILES string of the molecule is CC(C)CNC[C@H]1O[C@H](OC2CCCCC2)[C@@H](O)[C@H]1O. The fourth-order valence-electron chi connectivity index (χ4n) is 2.90. The van der Waals surface area contributed by atoms with Crippen LogP contribution < -0.4 is 5.32 Å². The van der Waals surface area contributed by atoms with Crippen molar-refractivity contribution in [1.82, 2.24) is 5.32 Å². The molecule has 0 aromatic carbocycles. The van der Waals surface area contributed by atoms with E-state index < -0.39 is 24.6 Å². The fourth-order valence-corrected chi connectivity index (χ4v) is 2.90. The molecule has 20 heavy (non-hydrogen) atoms. The van der Waals surface area contributed by atoms with E-state index in [2.05, 4.69) is 19.2 Å². The molecule has 1 saturated carbocycles. The Labute approximate surface area is 121 Å². The average Bonchev–Trinajstić information content (AvgIpc) is 2.68. The van der Waals surface area contributed by atoms with E-state index in [1.54, 1.807) is 0 Å². The summed E-state index contributed by atoms with van der Waals surface area (Å²) in [4.78, 5) is 0. The molecule has 0 spiro atoms. The molecule has 0 unspecified atom stereocenters. The van der Waals surface area contributed by atoms with Gasteiger partial charge in [0.05, 0.1) is 6.10 Å². The van der Waals surface area contributed by atoms with Gasteiger partial charge in [0.25, 0.3) is 0 Å². The molecule has 0 bridgehead atoms. The van der Waals surface area contributed by atoms with Crippen LogP contribution in [0.4, 0.5) is 0 Å². The normalized spacial score (nSPS) is 35.9. The van der Waals surface area contributed by atoms with Crippen molar-refractivity contribution in [2.24, 2.45) is 5.92 Å². The van der Waals surface area contributed by atoms with Gasteiger partial charge in [0.15, 0.2) is 6.29 Å². The monoisotopic (exact) mass is 287 g/mol. The number of ether oxygens (including phenoxy) is 2. The van der Waals surface area contributed by atoms with Crippen LogP contribution in [0.2, 0.25) is 0 Å². The molecule has 4 atom stereocenters. The largest absolute Gasteiger partial charge is 0.387 e. The molecule has 0 aromatic rings. The predicted octanol–water partition coefficient (Wildman–Crippen LogP) is 1.03. The Morgan fingerprint density at radius 2 is 1.85 bits per heavy atom. The molecule has 2 fully saturated rings. The van der Waals surface area contributed by atoms with Gasteiger partial charge in [-0.3, -0.25) is 0 Å². The number of rotatable bonds is 6. The minimum atomic E-state index is -0.942. The number of hydrogen-bond donors (Lipinski definition) is 3. The summed E-state index contributed by atoms with van der Waals surface area (Å²) in [5, 5.41) is 23.3. The van der Waals surface area contributed by atoms with Gasteiger partial charge in [-0.2, -0.15) is 0 Å². The first-order valence-corrected chi connectivity index (χ1v) is 7.95. The van der Waals surface area contributed by atoms with Crippen molar-refractivity contribution in [2.75, 3.05) is 13.1 Å². The fraction of sp³-hybridized carbons (Fsp3) is 1.00. The maximum Gasteiger partial charge on any atom is 0.186 e. The lowest BCUT2D eigenvalue weighted by molar-refractivity contribution is -0.195. The molecule has 0 amide bonds. The molecule has 3 N–H and O–H groups in total. The van der Waals surface area contributed by atoms with E-state index in [-0.39, 0.29) is 6.10 Å². The molecule has 1 aliphatic heterocycles. The second-order valence-electron chi connectivity index (χ2n) is 6.47. The molecule has 1 heterocycles. The predicted molar refractivity (Wildman–Crippen MR) is 76.3 cm³/mol. The van der Waals surface area contributed by atoms with Crippen LogP contribution in [0, 0.1) is 5.92 Å². The van der Waals surface area contributed by atoms with Crippen molar-refractivity contribution in [2.45, 2.75) is 76.7 Å². The Morgan fingerprint density at radius 1 is 1.15 bits per heavy atom. The van der Waals surface area contributed by atoms with Gasteiger partial charge >= 0.3 is 0 Å². The minimum absolute atomic E-state index is 0.165. The van der Waals surface area contributed by atoms with Gasteiger partial charge < -0.3 is 25.0 Å². The van der Waals surface area contributed by atoms with Crippen LogP contribution in [0.25, 0.3) is 0 Å². The van der Waals surface area contributed by atoms with Gasteiger partial charge in [-0.25, -0.2) is 0 Å². The van der Waals surface area contributed by atoms with E-state index in [4.69, 9.17) is 9.47 Å². The van der Waals surface area contributed by atoms with E-state index in [9.17, 15) is 10.2 Å². The van der Waals surface area contributed by atoms with Crippen LogP contribution >= 0.6 is 0 Å². The smallest absolute Gasteiger partial charge is 0.186 e. The third kappa shape index (κ3) is 4.40. The van der Waals surface area contributed by atoms with Crippen LogP contribution in [-0.2, 0) is 9.47 Å². The van der Waals surface area contributed by atoms with E-state index in [0.29, 0.717) is 12.5 Å². The molecular formula is C15H29NO4. The van der Waals surface area contributed by atoms with Crippen LogP contribution in [0.1, 0.15) is 46.0 Å². The second kappa shape index (κ2) is 7.71. The molecule has 0 radical (unpaired) electrons. The highest BCUT2D eigenvalue weighted by molar-refractivity contribution is 4.88. The van der Waals surface area contributed by atoms with E-state index in [1.807, 2.05) is 0 Å². The lowest BCUT2D eigenvalue weighted by atomic mass is 9.98. The lowest BCUT2D eigenvalue weighted by Gasteiger charge is -2.26. The first-order valence-electron chi connectivity index (χ1n) is 7.95. The Hall–Kier alpha value is -0.200. The summed E-state index contributed by atoms with van der Waals surface area (Å²) < 4.78 is 11.5. The maximum atomic E-state index is 10.0. The third-order valence-electron chi connectivity index (χ3n) is 4.10. The zero-order valence-corrected chi connectivity index (χ0v) is 12.6. The van der Waals surface area contributed by atoms with Crippen molar-refractivity contribution in [3.05, 3.63) is 0 Å². The molecule has 5 nitrogen and oxygen atoms in total. The number of hydrogen-bond acceptors (Lipinski definition) is 5. The highest BCUT2D eigenvalue weighted by Crippen LogP contribution is 2.27. The summed E-state index contributed by atoms with van der Waals surface area (Å²) in [6, 6.07) is 0. The van der Waals surface area contributed by atoms with Crippen molar-refractivity contribution in [3.63, 3.8) is 0 Å². The Bertz CT molecular complexity index is 281. The highest BCUT2D eigenvalue weighted by Gasteiger charge is 2.44. The number of nitrogens with one attached hydrogen (secondary N) is 1. The quantitative estimate of drug-likeness (QED) is 0.680. The lowest BCUT2D eigenvalue weighted by Crippen LogP contribution is -2.39. The standard InChI is InChI=1S/C15H29NO4/c1-10(2)8-16-9-12-13(17)14(18)15(20-12)19-11-6-4-3-5-7-11/h10-18H,3-9H2,1-2H3/t12-,13+,14+,15+/m1/s1. The molecule has 118 valence electrons. The number of aliphatic hydroxyl groups excluding tert-OH is 2. The van der Waals surface area contributed by atoms with Gasteiger partial charge in [0.1, 0.15) is 18.3 Å². The van der Waals surface area contributed by atoms with Gasteiger partial charge in [-0.15, -0.1) is 0 Å². The maximum absolute atomic E-state index is 10.0. The average molecular weight is 287 g/mol. The molecule has 5 heteroatoms. The zero-order valence-electron chi connectivity index (χ0n) is 12.6. The Morgan fingerprint density at radius 3 is 2.50 bits per heavy atom. The first kappa shape index (κ1) is 16.2. The minimum Gasteiger partial charge on any atom is -0.387 e. The summed E-state index contributed by atoms with van der Waals surface area (Å²) in [6.07, 6.45) is 2.95. The summed E-state index contributed by atoms with van der Waals surface area (Å²) in [5.74, 6) is 0.549. The van der Waals surface area contributed by atoms with Gasteiger partial charge in [0, 0.05) is 6.54 Å². The van der Waals surface area contributed by atoms with E-state index in [1.165, 1.54) is 19.3 Å². The molecule has 2 aliphatic rings. The Balaban J connectivity index is 1.76. The van der Waals surface area contributed by atoms with E-state index in [0.717, 1.165) is 19.4 Å². The third-order valence-corrected chi connectivity index (χ3v) is 4.10. The van der Waals surface area contributed by atoms with E-state index >= 15 is 0 Å². The van der Waals surface area contributed by atoms with Crippen molar-refractivity contribution in [1.29, 1.82) is 0 Å². The van der Waals surface area contributed by atoms with Crippen LogP contribution in [-0.4, -0.2) is 54.0 Å². The number of aliphatic hydroxyl groups is 2. The first-order chi connectivity index (χ1) is 9.58. The molecule has 1 aliphatic carbocycles. The molecule has 2 rings (SSSR count). The molecule has 1 saturated heterocycles. The van der Waals surface area contributed by atoms with Crippen molar-refractivity contribution in [3.8, 4) is 0 Å². The van der Waals surface area contributed by atoms with Crippen LogP contribution in [0.15, 0.2) is 0 Å². The highest BCUT2D eigenvalue weighted by atomic mass is 16.7. The topological polar surface area (TPSA) is 71.0 Å². The zero-order chi connectivity index (χ0) is 14.5. The van der Waals surface area contributed by atoms with Crippen LogP contribution in [0.3, 0.4) is 0 Å². The van der Waals surface area contributed by atoms with Crippen molar-refractivity contribution >= 4 is 0 Å². The molecule has 0 aromatic heterocycles. The second-order valence-corrected chi connectivity index (χ2v) is 6.47. The van der Waals surface area contributed by atoms with Crippen LogP contribution in [0.5, 0.6) is 0 Å². The van der Waals surface area contributed by atoms with Gasteiger partial charge in [0.2, 0.25) is 0 Å². The molecular weight excluding hydrogens is 258 g/mol.